The van der Waals surface area contributed by atoms with Crippen molar-refractivity contribution >= 4 is 17.7 Å². The van der Waals surface area contributed by atoms with Crippen LogP contribution < -0.4 is 0 Å². The molecule has 132 valence electrons. The lowest BCUT2D eigenvalue weighted by molar-refractivity contribution is 0.157. The summed E-state index contributed by atoms with van der Waals surface area (Å²) in [6.07, 6.45) is -1.64. The summed E-state index contributed by atoms with van der Waals surface area (Å²) in [7, 11) is -8.93. The Morgan fingerprint density at radius 3 is 2.13 bits per heavy atom. The molecule has 0 amide bonds. The number of benzene rings is 1. The van der Waals surface area contributed by atoms with Gasteiger partial charge in [0, 0.05) is 12.1 Å². The topological polar surface area (TPSA) is 78.9 Å². The molecule has 0 fully saturated rings. The van der Waals surface area contributed by atoms with Crippen LogP contribution in [0.4, 0.5) is 13.2 Å². The van der Waals surface area contributed by atoms with Crippen LogP contribution >= 0.6 is 7.60 Å². The van der Waals surface area contributed by atoms with Crippen LogP contribution in [0.15, 0.2) is 17.0 Å². The van der Waals surface area contributed by atoms with Crippen LogP contribution in [0.25, 0.3) is 0 Å². The first kappa shape index (κ1) is 20.1. The summed E-state index contributed by atoms with van der Waals surface area (Å²) in [5.74, 6) is -4.63. The first-order chi connectivity index (χ1) is 10.5. The summed E-state index contributed by atoms with van der Waals surface area (Å²) in [6, 6.07) is 0.373. The maximum atomic E-state index is 13.5. The molecule has 23 heavy (non-hydrogen) atoms. The molecule has 1 rings (SSSR count). The molecule has 0 N–H and O–H groups in total. The molecule has 0 aliphatic rings. The molecule has 0 heterocycles. The lowest BCUT2D eigenvalue weighted by Crippen LogP contribution is -2.15. The van der Waals surface area contributed by atoms with E-state index in [2.05, 4.69) is 4.18 Å². The van der Waals surface area contributed by atoms with Crippen LogP contribution in [-0.2, 0) is 27.9 Å². The molecule has 0 saturated heterocycles. The molecule has 1 atom stereocenters. The molecule has 6 nitrogen and oxygen atoms in total. The van der Waals surface area contributed by atoms with Crippen molar-refractivity contribution in [3.63, 3.8) is 0 Å². The van der Waals surface area contributed by atoms with E-state index >= 15 is 0 Å². The second kappa shape index (κ2) is 7.76. The van der Waals surface area contributed by atoms with E-state index in [1.807, 2.05) is 0 Å². The van der Waals surface area contributed by atoms with E-state index in [1.54, 1.807) is 0 Å². The van der Waals surface area contributed by atoms with Crippen LogP contribution in [0.3, 0.4) is 0 Å². The highest BCUT2D eigenvalue weighted by atomic mass is 32.2. The van der Waals surface area contributed by atoms with Crippen LogP contribution in [0.5, 0.6) is 0 Å². The van der Waals surface area contributed by atoms with Crippen molar-refractivity contribution in [1.82, 2.24) is 0 Å². The van der Waals surface area contributed by atoms with Gasteiger partial charge in [0.2, 0.25) is 0 Å². The van der Waals surface area contributed by atoms with E-state index in [0.717, 1.165) is 0 Å². The van der Waals surface area contributed by atoms with E-state index in [4.69, 9.17) is 9.05 Å². The van der Waals surface area contributed by atoms with Gasteiger partial charge in [0.15, 0.2) is 11.2 Å². The second-order valence-electron chi connectivity index (χ2n) is 4.58. The van der Waals surface area contributed by atoms with Crippen molar-refractivity contribution in [3.8, 4) is 0 Å². The zero-order valence-electron chi connectivity index (χ0n) is 12.6. The van der Waals surface area contributed by atoms with Crippen molar-refractivity contribution in [1.29, 1.82) is 0 Å². The fourth-order valence-electron chi connectivity index (χ4n) is 1.58. The number of halogens is 3. The quantitative estimate of drug-likeness (QED) is 0.511. The third-order valence-corrected chi connectivity index (χ3v) is 5.61. The standard InChI is InChI=1S/C12H16F3O6PS/c1-4-19-22(16,21-8(2)3)7-20-23(17,18)12-10(14)5-9(13)6-11(12)15/h5-6,8H,4,7H2,1-3H3. The highest BCUT2D eigenvalue weighted by molar-refractivity contribution is 7.87. The molecular weight excluding hydrogens is 360 g/mol. The minimum atomic E-state index is -4.97. The Bertz CT molecular complexity index is 684. The van der Waals surface area contributed by atoms with Crippen LogP contribution in [0.1, 0.15) is 20.8 Å². The van der Waals surface area contributed by atoms with Gasteiger partial charge in [0.1, 0.15) is 17.5 Å². The lowest BCUT2D eigenvalue weighted by Gasteiger charge is -2.19. The Morgan fingerprint density at radius 1 is 1.17 bits per heavy atom. The van der Waals surface area contributed by atoms with Gasteiger partial charge < -0.3 is 9.05 Å². The van der Waals surface area contributed by atoms with Gasteiger partial charge in [-0.2, -0.15) is 8.42 Å². The van der Waals surface area contributed by atoms with Crippen LogP contribution in [-0.4, -0.2) is 27.5 Å². The Hall–Kier alpha value is -0.930. The van der Waals surface area contributed by atoms with Gasteiger partial charge in [-0.05, 0) is 20.8 Å². The number of hydrogen-bond acceptors (Lipinski definition) is 6. The largest absolute Gasteiger partial charge is 0.357 e. The fraction of sp³-hybridized carbons (Fsp3) is 0.500. The predicted octanol–water partition coefficient (Wildman–Crippen LogP) is 3.42. The summed E-state index contributed by atoms with van der Waals surface area (Å²) in [5.41, 5.74) is 0. The monoisotopic (exact) mass is 376 g/mol. The van der Waals surface area contributed by atoms with Gasteiger partial charge in [-0.3, -0.25) is 8.75 Å². The second-order valence-corrected chi connectivity index (χ2v) is 8.08. The highest BCUT2D eigenvalue weighted by Gasteiger charge is 2.33. The molecule has 0 radical (unpaired) electrons. The Balaban J connectivity index is 3.05. The predicted molar refractivity (Wildman–Crippen MR) is 74.9 cm³/mol. The van der Waals surface area contributed by atoms with E-state index in [1.165, 1.54) is 20.8 Å². The Labute approximate surface area is 132 Å². The van der Waals surface area contributed by atoms with E-state index in [-0.39, 0.29) is 18.7 Å². The molecule has 0 aliphatic heterocycles. The van der Waals surface area contributed by atoms with Gasteiger partial charge in [0.25, 0.3) is 0 Å². The van der Waals surface area contributed by atoms with E-state index < -0.39 is 52.5 Å². The van der Waals surface area contributed by atoms with Gasteiger partial charge >= 0.3 is 17.7 Å². The molecule has 0 saturated carbocycles. The first-order valence-electron chi connectivity index (χ1n) is 6.46. The average molecular weight is 376 g/mol. The average Bonchev–Trinajstić information content (AvgIpc) is 2.34. The summed E-state index contributed by atoms with van der Waals surface area (Å²) >= 11 is 0. The summed E-state index contributed by atoms with van der Waals surface area (Å²) in [6.45, 7) is 4.48. The van der Waals surface area contributed by atoms with Gasteiger partial charge in [-0.25, -0.2) is 13.2 Å². The maximum Gasteiger partial charge on any atom is 0.357 e. The molecule has 11 heteroatoms. The zero-order chi connectivity index (χ0) is 17.8. The van der Waals surface area contributed by atoms with E-state index in [0.29, 0.717) is 0 Å². The van der Waals surface area contributed by atoms with Crippen molar-refractivity contribution in [2.75, 3.05) is 13.0 Å². The first-order valence-corrected chi connectivity index (χ1v) is 9.60. The highest BCUT2D eigenvalue weighted by Crippen LogP contribution is 2.49. The van der Waals surface area contributed by atoms with Crippen molar-refractivity contribution in [2.24, 2.45) is 0 Å². The summed E-state index contributed by atoms with van der Waals surface area (Å²) in [4.78, 5) is -1.48. The Morgan fingerprint density at radius 2 is 1.70 bits per heavy atom. The molecule has 0 spiro atoms. The lowest BCUT2D eigenvalue weighted by atomic mass is 10.3. The molecule has 0 aromatic heterocycles. The normalized spacial score (nSPS) is 14.9. The molecule has 1 unspecified atom stereocenters. The Kier molecular flexibility index (Phi) is 6.79. The van der Waals surface area contributed by atoms with Crippen molar-refractivity contribution in [2.45, 2.75) is 31.8 Å². The zero-order valence-corrected chi connectivity index (χ0v) is 14.3. The van der Waals surface area contributed by atoms with Crippen LogP contribution in [0, 0.1) is 17.5 Å². The summed E-state index contributed by atoms with van der Waals surface area (Å²) in [5, 5.41) is 0. The summed E-state index contributed by atoms with van der Waals surface area (Å²) < 4.78 is 90.0. The van der Waals surface area contributed by atoms with Gasteiger partial charge in [-0.15, -0.1) is 0 Å². The van der Waals surface area contributed by atoms with Crippen molar-refractivity contribution < 1.29 is 39.4 Å². The van der Waals surface area contributed by atoms with Crippen LogP contribution in [0.2, 0.25) is 0 Å². The van der Waals surface area contributed by atoms with E-state index in [9.17, 15) is 26.2 Å². The molecule has 1 aromatic rings. The van der Waals surface area contributed by atoms with Crippen molar-refractivity contribution in [3.05, 3.63) is 29.6 Å². The molecule has 0 aliphatic carbocycles. The maximum absolute atomic E-state index is 13.5. The smallest absolute Gasteiger partial charge is 0.307 e. The minimum Gasteiger partial charge on any atom is -0.307 e. The fourth-order valence-corrected chi connectivity index (χ4v) is 4.59. The third kappa shape index (κ3) is 5.58. The SMILES string of the molecule is CCOP(=O)(COS(=O)(=O)c1c(F)cc(F)cc1F)OC(C)C. The van der Waals surface area contributed by atoms with Gasteiger partial charge in [-0.1, -0.05) is 0 Å². The number of hydrogen-bond donors (Lipinski definition) is 0. The third-order valence-electron chi connectivity index (χ3n) is 2.28. The number of rotatable bonds is 8. The molecular formula is C12H16F3O6PS. The van der Waals surface area contributed by atoms with Gasteiger partial charge in [0.05, 0.1) is 12.7 Å². The molecule has 1 aromatic carbocycles. The molecule has 0 bridgehead atoms. The minimum absolute atomic E-state index is 0.0628.